The summed E-state index contributed by atoms with van der Waals surface area (Å²) in [6, 6.07) is 7.93. The van der Waals surface area contributed by atoms with Crippen molar-refractivity contribution in [3.05, 3.63) is 35.9 Å². The highest BCUT2D eigenvalue weighted by molar-refractivity contribution is 7.98. The van der Waals surface area contributed by atoms with E-state index in [0.717, 1.165) is 49.5 Å². The van der Waals surface area contributed by atoms with E-state index < -0.39 is 0 Å². The van der Waals surface area contributed by atoms with Gasteiger partial charge in [0, 0.05) is 23.7 Å². The number of urea groups is 1. The average molecular weight is 332 g/mol. The largest absolute Gasteiger partial charge is 0.370 e. The molecule has 3 rings (SSSR count). The lowest BCUT2D eigenvalue weighted by Crippen LogP contribution is -2.49. The van der Waals surface area contributed by atoms with Crippen molar-refractivity contribution in [1.29, 1.82) is 0 Å². The number of hydrogen-bond acceptors (Lipinski definition) is 3. The minimum Gasteiger partial charge on any atom is -0.370 e. The van der Waals surface area contributed by atoms with Crippen LogP contribution in [0.4, 0.5) is 10.5 Å². The van der Waals surface area contributed by atoms with E-state index in [4.69, 9.17) is 4.74 Å². The highest BCUT2D eigenvalue weighted by Crippen LogP contribution is 2.33. The fourth-order valence-corrected chi connectivity index (χ4v) is 3.72. The number of nitrogens with one attached hydrogen (secondary N) is 1. The van der Waals surface area contributed by atoms with Gasteiger partial charge in [0.05, 0.1) is 12.2 Å². The van der Waals surface area contributed by atoms with E-state index in [9.17, 15) is 4.79 Å². The number of amides is 2. The van der Waals surface area contributed by atoms with Crippen molar-refractivity contribution in [3.63, 3.8) is 0 Å². The number of thioether (sulfide) groups is 1. The SMILES string of the molecule is CSc1cccc(NC(=O)N2CCC3(C=C(C)CCO3)CC2)c1. The van der Waals surface area contributed by atoms with E-state index in [2.05, 4.69) is 18.3 Å². The number of benzene rings is 1. The zero-order chi connectivity index (χ0) is 16.3. The highest BCUT2D eigenvalue weighted by atomic mass is 32.2. The normalized spacial score (nSPS) is 20.3. The quantitative estimate of drug-likeness (QED) is 0.654. The topological polar surface area (TPSA) is 41.6 Å². The van der Waals surface area contributed by atoms with Crippen LogP contribution in [-0.2, 0) is 4.74 Å². The predicted molar refractivity (Wildman–Crippen MR) is 95.1 cm³/mol. The van der Waals surface area contributed by atoms with Gasteiger partial charge in [0.1, 0.15) is 0 Å². The zero-order valence-electron chi connectivity index (χ0n) is 13.8. The molecule has 2 heterocycles. The molecule has 0 atom stereocenters. The Kier molecular flexibility index (Phi) is 4.97. The van der Waals surface area contributed by atoms with E-state index in [1.807, 2.05) is 35.4 Å². The number of nitrogens with zero attached hydrogens (tertiary/aromatic N) is 1. The number of hydrogen-bond donors (Lipinski definition) is 1. The van der Waals surface area contributed by atoms with Gasteiger partial charge in [-0.25, -0.2) is 4.79 Å². The standard InChI is InChI=1S/C18H24N2O2S/c1-14-6-11-22-18(13-14)7-9-20(10-8-18)17(21)19-15-4-3-5-16(12-15)23-2/h3-5,12-13H,6-11H2,1-2H3,(H,19,21). The van der Waals surface area contributed by atoms with Gasteiger partial charge in [-0.1, -0.05) is 17.7 Å². The molecule has 0 bridgehead atoms. The van der Waals surface area contributed by atoms with Crippen LogP contribution in [0.25, 0.3) is 0 Å². The molecule has 0 unspecified atom stereocenters. The molecule has 1 spiro atoms. The van der Waals surface area contributed by atoms with Crippen LogP contribution in [0.5, 0.6) is 0 Å². The van der Waals surface area contributed by atoms with Crippen LogP contribution < -0.4 is 5.32 Å². The molecule has 1 aromatic rings. The van der Waals surface area contributed by atoms with Crippen LogP contribution in [-0.4, -0.2) is 42.5 Å². The van der Waals surface area contributed by atoms with Crippen LogP contribution in [0, 0.1) is 0 Å². The number of carbonyl (C=O) groups is 1. The van der Waals surface area contributed by atoms with Crippen LogP contribution >= 0.6 is 11.8 Å². The highest BCUT2D eigenvalue weighted by Gasteiger charge is 2.36. The second kappa shape index (κ2) is 6.97. The molecule has 5 heteroatoms. The second-order valence-electron chi connectivity index (χ2n) is 6.30. The molecule has 2 aliphatic rings. The van der Waals surface area contributed by atoms with Crippen molar-refractivity contribution in [2.75, 3.05) is 31.3 Å². The number of piperidine rings is 1. The monoisotopic (exact) mass is 332 g/mol. The Morgan fingerprint density at radius 1 is 1.35 bits per heavy atom. The van der Waals surface area contributed by atoms with Crippen LogP contribution in [0.1, 0.15) is 26.2 Å². The first kappa shape index (κ1) is 16.4. The van der Waals surface area contributed by atoms with Crippen molar-refractivity contribution < 1.29 is 9.53 Å². The molecule has 1 N–H and O–H groups in total. The van der Waals surface area contributed by atoms with Gasteiger partial charge in [-0.05, 0) is 50.6 Å². The molecule has 0 aromatic heterocycles. The Bertz CT molecular complexity index is 607. The molecule has 124 valence electrons. The van der Waals surface area contributed by atoms with Crippen molar-refractivity contribution >= 4 is 23.5 Å². The molecular formula is C18H24N2O2S. The maximum atomic E-state index is 12.5. The fourth-order valence-electron chi connectivity index (χ4n) is 3.26. The summed E-state index contributed by atoms with van der Waals surface area (Å²) >= 11 is 1.67. The molecule has 23 heavy (non-hydrogen) atoms. The zero-order valence-corrected chi connectivity index (χ0v) is 14.6. The lowest BCUT2D eigenvalue weighted by molar-refractivity contribution is -0.0497. The summed E-state index contributed by atoms with van der Waals surface area (Å²) in [5.74, 6) is 0. The average Bonchev–Trinajstić information content (AvgIpc) is 2.55. The maximum absolute atomic E-state index is 12.5. The summed E-state index contributed by atoms with van der Waals surface area (Å²) in [5.41, 5.74) is 2.12. The summed E-state index contributed by atoms with van der Waals surface area (Å²) in [5, 5.41) is 3.00. The molecule has 1 saturated heterocycles. The van der Waals surface area contributed by atoms with Gasteiger partial charge in [0.2, 0.25) is 0 Å². The summed E-state index contributed by atoms with van der Waals surface area (Å²) in [7, 11) is 0. The molecule has 0 aliphatic carbocycles. The van der Waals surface area contributed by atoms with Gasteiger partial charge in [0.25, 0.3) is 0 Å². The molecule has 0 saturated carbocycles. The first-order valence-corrected chi connectivity index (χ1v) is 9.35. The predicted octanol–water partition coefficient (Wildman–Crippen LogP) is 4.14. The van der Waals surface area contributed by atoms with E-state index in [-0.39, 0.29) is 11.6 Å². The maximum Gasteiger partial charge on any atom is 0.321 e. The lowest BCUT2D eigenvalue weighted by Gasteiger charge is -2.42. The van der Waals surface area contributed by atoms with Crippen molar-refractivity contribution in [3.8, 4) is 0 Å². The Morgan fingerprint density at radius 2 is 2.13 bits per heavy atom. The van der Waals surface area contributed by atoms with Gasteiger partial charge < -0.3 is 15.0 Å². The van der Waals surface area contributed by atoms with Gasteiger partial charge in [-0.2, -0.15) is 0 Å². The van der Waals surface area contributed by atoms with Crippen LogP contribution in [0.2, 0.25) is 0 Å². The van der Waals surface area contributed by atoms with Gasteiger partial charge in [-0.3, -0.25) is 0 Å². The molecule has 4 nitrogen and oxygen atoms in total. The van der Waals surface area contributed by atoms with Crippen LogP contribution in [0.15, 0.2) is 40.8 Å². The molecule has 0 radical (unpaired) electrons. The Balaban J connectivity index is 1.59. The van der Waals surface area contributed by atoms with Crippen molar-refractivity contribution in [2.24, 2.45) is 0 Å². The summed E-state index contributed by atoms with van der Waals surface area (Å²) < 4.78 is 6.02. The third-order valence-electron chi connectivity index (χ3n) is 4.61. The van der Waals surface area contributed by atoms with Gasteiger partial charge in [0.15, 0.2) is 0 Å². The number of rotatable bonds is 2. The third kappa shape index (κ3) is 3.90. The number of ether oxygens (including phenoxy) is 1. The van der Waals surface area contributed by atoms with E-state index in [0.29, 0.717) is 0 Å². The Labute approximate surface area is 142 Å². The smallest absolute Gasteiger partial charge is 0.321 e. The van der Waals surface area contributed by atoms with E-state index in [1.165, 1.54) is 5.57 Å². The number of carbonyl (C=O) groups excluding carboxylic acids is 1. The molecular weight excluding hydrogens is 308 g/mol. The molecule has 1 fully saturated rings. The molecule has 2 amide bonds. The first-order chi connectivity index (χ1) is 11.1. The molecule has 2 aliphatic heterocycles. The third-order valence-corrected chi connectivity index (χ3v) is 5.34. The molecule has 1 aromatic carbocycles. The summed E-state index contributed by atoms with van der Waals surface area (Å²) in [6.45, 7) is 4.44. The van der Waals surface area contributed by atoms with E-state index >= 15 is 0 Å². The van der Waals surface area contributed by atoms with Crippen molar-refractivity contribution in [1.82, 2.24) is 4.90 Å². The summed E-state index contributed by atoms with van der Waals surface area (Å²) in [4.78, 5) is 15.5. The van der Waals surface area contributed by atoms with Crippen LogP contribution in [0.3, 0.4) is 0 Å². The number of anilines is 1. The first-order valence-electron chi connectivity index (χ1n) is 8.12. The fraction of sp³-hybridized carbons (Fsp3) is 0.500. The number of likely N-dealkylation sites (tertiary alicyclic amines) is 1. The van der Waals surface area contributed by atoms with Crippen molar-refractivity contribution in [2.45, 2.75) is 36.7 Å². The lowest BCUT2D eigenvalue weighted by atomic mass is 9.87. The minimum atomic E-state index is -0.141. The Morgan fingerprint density at radius 3 is 2.83 bits per heavy atom. The second-order valence-corrected chi connectivity index (χ2v) is 7.18. The minimum absolute atomic E-state index is 0.0189. The van der Waals surface area contributed by atoms with E-state index in [1.54, 1.807) is 11.8 Å². The van der Waals surface area contributed by atoms with Gasteiger partial charge >= 0.3 is 6.03 Å². The summed E-state index contributed by atoms with van der Waals surface area (Å²) in [6.07, 6.45) is 7.08. The Hall–Kier alpha value is -1.46. The van der Waals surface area contributed by atoms with Gasteiger partial charge in [-0.15, -0.1) is 11.8 Å².